The third-order valence-corrected chi connectivity index (χ3v) is 3.34. The Bertz CT molecular complexity index is 398. The molecule has 18 heavy (non-hydrogen) atoms. The van der Waals surface area contributed by atoms with E-state index in [-0.39, 0.29) is 0 Å². The molecule has 0 heterocycles. The number of phenolic OH excluding ortho intramolecular Hbond substituents is 1. The van der Waals surface area contributed by atoms with Crippen LogP contribution >= 0.6 is 0 Å². The number of aromatic hydroxyl groups is 1. The Morgan fingerprint density at radius 1 is 1.28 bits per heavy atom. The molecule has 2 heteroatoms. The van der Waals surface area contributed by atoms with Gasteiger partial charge in [0.05, 0.1) is 0 Å². The van der Waals surface area contributed by atoms with Crippen LogP contribution in [0.3, 0.4) is 0 Å². The van der Waals surface area contributed by atoms with E-state index in [0.29, 0.717) is 30.3 Å². The average molecular weight is 248 g/mol. The molecule has 0 aliphatic rings. The normalized spacial score (nSPS) is 12.4. The van der Waals surface area contributed by atoms with Crippen molar-refractivity contribution >= 4 is 5.78 Å². The summed E-state index contributed by atoms with van der Waals surface area (Å²) in [5.74, 6) is 1.05. The third-order valence-electron chi connectivity index (χ3n) is 3.34. The van der Waals surface area contributed by atoms with E-state index in [2.05, 4.69) is 6.92 Å². The standard InChI is InChI=1S/C16H24O2/c1-5-6-14(17)7-11(2)8-16-12(3)9-15(18)10-13(16)4/h9-11,18H,5-8H2,1-4H3. The lowest BCUT2D eigenvalue weighted by molar-refractivity contribution is -0.119. The van der Waals surface area contributed by atoms with Gasteiger partial charge in [-0.15, -0.1) is 0 Å². The van der Waals surface area contributed by atoms with E-state index in [1.54, 1.807) is 12.1 Å². The van der Waals surface area contributed by atoms with Crippen molar-refractivity contribution in [3.63, 3.8) is 0 Å². The first kappa shape index (κ1) is 14.7. The second-order valence-corrected chi connectivity index (χ2v) is 5.36. The maximum absolute atomic E-state index is 11.6. The Kier molecular flexibility index (Phi) is 5.39. The molecule has 1 rings (SSSR count). The second-order valence-electron chi connectivity index (χ2n) is 5.36. The van der Waals surface area contributed by atoms with Gasteiger partial charge in [-0.05, 0) is 61.4 Å². The van der Waals surface area contributed by atoms with Gasteiger partial charge < -0.3 is 5.11 Å². The van der Waals surface area contributed by atoms with Crippen molar-refractivity contribution in [2.45, 2.75) is 53.4 Å². The van der Waals surface area contributed by atoms with Gasteiger partial charge >= 0.3 is 0 Å². The highest BCUT2D eigenvalue weighted by Crippen LogP contribution is 2.24. The zero-order valence-electron chi connectivity index (χ0n) is 11.9. The second kappa shape index (κ2) is 6.58. The molecule has 0 fully saturated rings. The van der Waals surface area contributed by atoms with Crippen LogP contribution in [0, 0.1) is 19.8 Å². The Hall–Kier alpha value is -1.31. The summed E-state index contributed by atoms with van der Waals surface area (Å²) in [4.78, 5) is 11.6. The molecule has 0 aliphatic carbocycles. The number of carbonyl (C=O) groups is 1. The quantitative estimate of drug-likeness (QED) is 0.827. The predicted molar refractivity (Wildman–Crippen MR) is 75.0 cm³/mol. The Morgan fingerprint density at radius 3 is 2.33 bits per heavy atom. The molecule has 0 spiro atoms. The lowest BCUT2D eigenvalue weighted by Gasteiger charge is -2.15. The van der Waals surface area contributed by atoms with Gasteiger partial charge in [0, 0.05) is 12.8 Å². The van der Waals surface area contributed by atoms with Crippen molar-refractivity contribution in [2.75, 3.05) is 0 Å². The van der Waals surface area contributed by atoms with Crippen LogP contribution < -0.4 is 0 Å². The summed E-state index contributed by atoms with van der Waals surface area (Å²) < 4.78 is 0. The largest absolute Gasteiger partial charge is 0.508 e. The molecule has 1 N–H and O–H groups in total. The van der Waals surface area contributed by atoms with Crippen molar-refractivity contribution in [1.82, 2.24) is 0 Å². The number of hydrogen-bond donors (Lipinski definition) is 1. The van der Waals surface area contributed by atoms with E-state index >= 15 is 0 Å². The maximum Gasteiger partial charge on any atom is 0.133 e. The van der Waals surface area contributed by atoms with E-state index in [1.165, 1.54) is 5.56 Å². The Morgan fingerprint density at radius 2 is 1.83 bits per heavy atom. The molecule has 1 atom stereocenters. The van der Waals surface area contributed by atoms with Crippen LogP contribution in [-0.2, 0) is 11.2 Å². The van der Waals surface area contributed by atoms with Gasteiger partial charge in [0.15, 0.2) is 0 Å². The van der Waals surface area contributed by atoms with Crippen molar-refractivity contribution in [2.24, 2.45) is 5.92 Å². The lowest BCUT2D eigenvalue weighted by Crippen LogP contribution is -2.09. The summed E-state index contributed by atoms with van der Waals surface area (Å²) in [7, 11) is 0. The van der Waals surface area contributed by atoms with Crippen LogP contribution in [0.5, 0.6) is 5.75 Å². The predicted octanol–water partition coefficient (Wildman–Crippen LogP) is 3.95. The van der Waals surface area contributed by atoms with Gasteiger partial charge in [0.25, 0.3) is 0 Å². The van der Waals surface area contributed by atoms with Gasteiger partial charge in [-0.3, -0.25) is 4.79 Å². The van der Waals surface area contributed by atoms with Crippen LogP contribution in [0.25, 0.3) is 0 Å². The van der Waals surface area contributed by atoms with Crippen LogP contribution in [0.15, 0.2) is 12.1 Å². The summed E-state index contributed by atoms with van der Waals surface area (Å²) in [6, 6.07) is 3.59. The molecule has 0 saturated heterocycles. The fourth-order valence-corrected chi connectivity index (χ4v) is 2.48. The monoisotopic (exact) mass is 248 g/mol. The number of Topliss-reactive ketones (excluding diaryl/α,β-unsaturated/α-hetero) is 1. The van der Waals surface area contributed by atoms with Gasteiger partial charge in [0.1, 0.15) is 11.5 Å². The smallest absolute Gasteiger partial charge is 0.133 e. The SMILES string of the molecule is CCCC(=O)CC(C)Cc1c(C)cc(O)cc1C. The first-order valence-corrected chi connectivity index (χ1v) is 6.74. The summed E-state index contributed by atoms with van der Waals surface area (Å²) in [6.07, 6.45) is 3.20. The highest BCUT2D eigenvalue weighted by Gasteiger charge is 2.12. The van der Waals surface area contributed by atoms with E-state index < -0.39 is 0 Å². The summed E-state index contributed by atoms with van der Waals surface area (Å²) in [5, 5.41) is 9.51. The number of ketones is 1. The number of benzene rings is 1. The van der Waals surface area contributed by atoms with Crippen LogP contribution in [-0.4, -0.2) is 10.9 Å². The summed E-state index contributed by atoms with van der Waals surface area (Å²) in [5.41, 5.74) is 3.49. The summed E-state index contributed by atoms with van der Waals surface area (Å²) >= 11 is 0. The molecule has 0 radical (unpaired) electrons. The zero-order valence-corrected chi connectivity index (χ0v) is 11.9. The van der Waals surface area contributed by atoms with Crippen molar-refractivity contribution < 1.29 is 9.90 Å². The molecule has 2 nitrogen and oxygen atoms in total. The van der Waals surface area contributed by atoms with Gasteiger partial charge in [-0.2, -0.15) is 0 Å². The molecule has 0 amide bonds. The number of hydrogen-bond acceptors (Lipinski definition) is 2. The highest BCUT2D eigenvalue weighted by molar-refractivity contribution is 5.78. The van der Waals surface area contributed by atoms with Crippen LogP contribution in [0.1, 0.15) is 49.8 Å². The number of carbonyl (C=O) groups excluding carboxylic acids is 1. The van der Waals surface area contributed by atoms with Gasteiger partial charge in [-0.25, -0.2) is 0 Å². The first-order chi connectivity index (χ1) is 8.43. The van der Waals surface area contributed by atoms with E-state index in [0.717, 1.165) is 24.0 Å². The topological polar surface area (TPSA) is 37.3 Å². The van der Waals surface area contributed by atoms with E-state index in [1.807, 2.05) is 20.8 Å². The van der Waals surface area contributed by atoms with Gasteiger partial charge in [-0.1, -0.05) is 13.8 Å². The maximum atomic E-state index is 11.6. The first-order valence-electron chi connectivity index (χ1n) is 6.74. The molecule has 1 aromatic rings. The van der Waals surface area contributed by atoms with Crippen LogP contribution in [0.4, 0.5) is 0 Å². The molecule has 0 saturated carbocycles. The van der Waals surface area contributed by atoms with Gasteiger partial charge in [0.2, 0.25) is 0 Å². The number of rotatable bonds is 6. The van der Waals surface area contributed by atoms with Crippen molar-refractivity contribution in [1.29, 1.82) is 0 Å². The van der Waals surface area contributed by atoms with Crippen molar-refractivity contribution in [3.8, 4) is 5.75 Å². The molecule has 0 bridgehead atoms. The molecular weight excluding hydrogens is 224 g/mol. The average Bonchev–Trinajstić information content (AvgIpc) is 2.23. The number of phenols is 1. The van der Waals surface area contributed by atoms with E-state index in [4.69, 9.17) is 0 Å². The van der Waals surface area contributed by atoms with Crippen molar-refractivity contribution in [3.05, 3.63) is 28.8 Å². The lowest BCUT2D eigenvalue weighted by atomic mass is 9.90. The van der Waals surface area contributed by atoms with Crippen LogP contribution in [0.2, 0.25) is 0 Å². The Labute approximate surface area is 110 Å². The molecular formula is C16H24O2. The Balaban J connectivity index is 2.70. The molecule has 1 unspecified atom stereocenters. The minimum Gasteiger partial charge on any atom is -0.508 e. The molecule has 1 aromatic carbocycles. The highest BCUT2D eigenvalue weighted by atomic mass is 16.3. The molecule has 0 aliphatic heterocycles. The fourth-order valence-electron chi connectivity index (χ4n) is 2.48. The number of aryl methyl sites for hydroxylation is 2. The molecule has 0 aromatic heterocycles. The molecule has 100 valence electrons. The minimum absolute atomic E-state index is 0.323. The minimum atomic E-state index is 0.323. The zero-order chi connectivity index (χ0) is 13.7. The third kappa shape index (κ3) is 4.17. The van der Waals surface area contributed by atoms with E-state index in [9.17, 15) is 9.90 Å². The summed E-state index contributed by atoms with van der Waals surface area (Å²) in [6.45, 7) is 8.20. The fraction of sp³-hybridized carbons (Fsp3) is 0.562.